The number of aromatic nitrogens is 2. The SMILES string of the molecule is O=Cc1ccc(CNC(=O)c2cc3cnccc3[nH]2)cc1. The van der Waals surface area contributed by atoms with E-state index in [1.54, 1.807) is 30.6 Å². The molecule has 0 saturated carbocycles. The third-order valence-corrected chi connectivity index (χ3v) is 3.23. The molecule has 5 heteroatoms. The second kappa shape index (κ2) is 5.58. The van der Waals surface area contributed by atoms with Gasteiger partial charge < -0.3 is 10.3 Å². The van der Waals surface area contributed by atoms with Crippen LogP contribution in [0.25, 0.3) is 10.9 Å². The zero-order valence-electron chi connectivity index (χ0n) is 11.2. The predicted octanol–water partition coefficient (Wildman–Crippen LogP) is 2.31. The maximum atomic E-state index is 12.1. The summed E-state index contributed by atoms with van der Waals surface area (Å²) in [5.41, 5.74) is 2.94. The van der Waals surface area contributed by atoms with E-state index >= 15 is 0 Å². The summed E-state index contributed by atoms with van der Waals surface area (Å²) in [5, 5.41) is 3.74. The standard InChI is InChI=1S/C16H13N3O2/c20-10-12-3-1-11(2-4-12)8-18-16(21)15-7-13-9-17-6-5-14(13)19-15/h1-7,9-10,19H,8H2,(H,18,21). The van der Waals surface area contributed by atoms with Gasteiger partial charge in [0.05, 0.1) is 0 Å². The van der Waals surface area contributed by atoms with Crippen molar-refractivity contribution in [1.29, 1.82) is 0 Å². The summed E-state index contributed by atoms with van der Waals surface area (Å²) in [5.74, 6) is -0.175. The molecule has 3 aromatic rings. The summed E-state index contributed by atoms with van der Waals surface area (Å²) in [4.78, 5) is 29.7. The first kappa shape index (κ1) is 13.1. The lowest BCUT2D eigenvalue weighted by molar-refractivity contribution is 0.0946. The van der Waals surface area contributed by atoms with Crippen LogP contribution in [0.2, 0.25) is 0 Å². The van der Waals surface area contributed by atoms with Gasteiger partial charge in [-0.25, -0.2) is 0 Å². The molecule has 0 aliphatic heterocycles. The molecule has 21 heavy (non-hydrogen) atoms. The van der Waals surface area contributed by atoms with E-state index in [-0.39, 0.29) is 5.91 Å². The van der Waals surface area contributed by atoms with Crippen molar-refractivity contribution in [1.82, 2.24) is 15.3 Å². The van der Waals surface area contributed by atoms with Crippen LogP contribution in [-0.2, 0) is 6.54 Å². The number of carbonyl (C=O) groups excluding carboxylic acids is 2. The maximum absolute atomic E-state index is 12.1. The van der Waals surface area contributed by atoms with Crippen molar-refractivity contribution >= 4 is 23.1 Å². The Hall–Kier alpha value is -2.95. The van der Waals surface area contributed by atoms with Crippen LogP contribution in [0.15, 0.2) is 48.8 Å². The Morgan fingerprint density at radius 3 is 2.76 bits per heavy atom. The van der Waals surface area contributed by atoms with E-state index in [1.807, 2.05) is 18.2 Å². The van der Waals surface area contributed by atoms with Gasteiger partial charge in [-0.1, -0.05) is 24.3 Å². The van der Waals surface area contributed by atoms with Crippen LogP contribution in [0.4, 0.5) is 0 Å². The number of hydrogen-bond acceptors (Lipinski definition) is 3. The normalized spacial score (nSPS) is 10.5. The third kappa shape index (κ3) is 2.81. The minimum Gasteiger partial charge on any atom is -0.350 e. The monoisotopic (exact) mass is 279 g/mol. The summed E-state index contributed by atoms with van der Waals surface area (Å²) < 4.78 is 0. The quantitative estimate of drug-likeness (QED) is 0.720. The van der Waals surface area contributed by atoms with Gasteiger partial charge in [0.2, 0.25) is 0 Å². The number of hydrogen-bond donors (Lipinski definition) is 2. The lowest BCUT2D eigenvalue weighted by atomic mass is 10.1. The van der Waals surface area contributed by atoms with Crippen molar-refractivity contribution in [3.8, 4) is 0 Å². The third-order valence-electron chi connectivity index (χ3n) is 3.23. The van der Waals surface area contributed by atoms with Crippen LogP contribution in [0.3, 0.4) is 0 Å². The molecule has 0 fully saturated rings. The number of pyridine rings is 1. The fourth-order valence-corrected chi connectivity index (χ4v) is 2.09. The first-order chi connectivity index (χ1) is 10.3. The zero-order valence-corrected chi connectivity index (χ0v) is 11.2. The molecule has 0 aliphatic carbocycles. The van der Waals surface area contributed by atoms with Crippen LogP contribution in [0, 0.1) is 0 Å². The van der Waals surface area contributed by atoms with Gasteiger partial charge in [0, 0.05) is 35.4 Å². The molecule has 0 radical (unpaired) electrons. The number of aromatic amines is 1. The van der Waals surface area contributed by atoms with Crippen LogP contribution >= 0.6 is 0 Å². The van der Waals surface area contributed by atoms with Crippen molar-refractivity contribution < 1.29 is 9.59 Å². The molecular weight excluding hydrogens is 266 g/mol. The van der Waals surface area contributed by atoms with Crippen molar-refractivity contribution in [3.05, 3.63) is 65.6 Å². The molecule has 2 aromatic heterocycles. The van der Waals surface area contributed by atoms with Gasteiger partial charge in [-0.3, -0.25) is 14.6 Å². The minimum absolute atomic E-state index is 0.175. The first-order valence-corrected chi connectivity index (χ1v) is 6.51. The highest BCUT2D eigenvalue weighted by Gasteiger charge is 2.09. The molecule has 0 spiro atoms. The smallest absolute Gasteiger partial charge is 0.267 e. The van der Waals surface area contributed by atoms with Crippen molar-refractivity contribution in [3.63, 3.8) is 0 Å². The summed E-state index contributed by atoms with van der Waals surface area (Å²) >= 11 is 0. The second-order valence-electron chi connectivity index (χ2n) is 4.69. The fourth-order valence-electron chi connectivity index (χ4n) is 2.09. The highest BCUT2D eigenvalue weighted by Crippen LogP contribution is 2.13. The zero-order chi connectivity index (χ0) is 14.7. The van der Waals surface area contributed by atoms with Gasteiger partial charge in [-0.15, -0.1) is 0 Å². The Kier molecular flexibility index (Phi) is 3.47. The fraction of sp³-hybridized carbons (Fsp3) is 0.0625. The molecule has 0 aliphatic rings. The van der Waals surface area contributed by atoms with Gasteiger partial charge in [0.25, 0.3) is 5.91 Å². The summed E-state index contributed by atoms with van der Waals surface area (Å²) in [7, 11) is 0. The highest BCUT2D eigenvalue weighted by atomic mass is 16.1. The van der Waals surface area contributed by atoms with E-state index in [2.05, 4.69) is 15.3 Å². The van der Waals surface area contributed by atoms with Crippen LogP contribution in [-0.4, -0.2) is 22.2 Å². The molecule has 5 nitrogen and oxygen atoms in total. The Morgan fingerprint density at radius 2 is 2.05 bits per heavy atom. The van der Waals surface area contributed by atoms with Crippen molar-refractivity contribution in [2.75, 3.05) is 0 Å². The Labute approximate surface area is 121 Å². The van der Waals surface area contributed by atoms with E-state index < -0.39 is 0 Å². The average Bonchev–Trinajstić information content (AvgIpc) is 2.97. The van der Waals surface area contributed by atoms with E-state index in [1.165, 1.54) is 0 Å². The average molecular weight is 279 g/mol. The Morgan fingerprint density at radius 1 is 1.24 bits per heavy atom. The molecule has 104 valence electrons. The largest absolute Gasteiger partial charge is 0.350 e. The van der Waals surface area contributed by atoms with E-state index in [0.717, 1.165) is 22.8 Å². The topological polar surface area (TPSA) is 74.8 Å². The van der Waals surface area contributed by atoms with E-state index in [4.69, 9.17) is 0 Å². The number of H-pyrrole nitrogens is 1. The summed E-state index contributed by atoms with van der Waals surface area (Å²) in [6.07, 6.45) is 4.18. The summed E-state index contributed by atoms with van der Waals surface area (Å²) in [6, 6.07) is 10.7. The number of nitrogens with one attached hydrogen (secondary N) is 2. The molecular formula is C16H13N3O2. The molecule has 2 heterocycles. The molecule has 0 atom stereocenters. The number of aldehydes is 1. The number of benzene rings is 1. The van der Waals surface area contributed by atoms with Gasteiger partial charge in [-0.05, 0) is 17.7 Å². The number of carbonyl (C=O) groups is 2. The first-order valence-electron chi connectivity index (χ1n) is 6.51. The molecule has 3 rings (SSSR count). The lowest BCUT2D eigenvalue weighted by Crippen LogP contribution is -2.23. The molecule has 0 saturated heterocycles. The number of rotatable bonds is 4. The lowest BCUT2D eigenvalue weighted by Gasteiger charge is -2.04. The van der Waals surface area contributed by atoms with Crippen molar-refractivity contribution in [2.45, 2.75) is 6.54 Å². The Balaban J connectivity index is 1.69. The van der Waals surface area contributed by atoms with Crippen molar-refractivity contribution in [2.24, 2.45) is 0 Å². The highest BCUT2D eigenvalue weighted by molar-refractivity contribution is 5.97. The predicted molar refractivity (Wildman–Crippen MR) is 79.1 cm³/mol. The summed E-state index contributed by atoms with van der Waals surface area (Å²) in [6.45, 7) is 0.408. The van der Waals surface area contributed by atoms with Gasteiger partial charge >= 0.3 is 0 Å². The van der Waals surface area contributed by atoms with Crippen LogP contribution in [0.5, 0.6) is 0 Å². The van der Waals surface area contributed by atoms with E-state index in [9.17, 15) is 9.59 Å². The maximum Gasteiger partial charge on any atom is 0.267 e. The van der Waals surface area contributed by atoms with Crippen LogP contribution < -0.4 is 5.32 Å². The number of fused-ring (bicyclic) bond motifs is 1. The van der Waals surface area contributed by atoms with Gasteiger partial charge in [0.15, 0.2) is 0 Å². The molecule has 1 amide bonds. The number of nitrogens with zero attached hydrogens (tertiary/aromatic N) is 1. The molecule has 2 N–H and O–H groups in total. The molecule has 0 unspecified atom stereocenters. The second-order valence-corrected chi connectivity index (χ2v) is 4.69. The number of amides is 1. The minimum atomic E-state index is -0.175. The van der Waals surface area contributed by atoms with Crippen LogP contribution in [0.1, 0.15) is 26.4 Å². The molecule has 0 bridgehead atoms. The van der Waals surface area contributed by atoms with E-state index in [0.29, 0.717) is 17.8 Å². The van der Waals surface area contributed by atoms with Gasteiger partial charge in [0.1, 0.15) is 12.0 Å². The Bertz CT molecular complexity index is 758. The molecule has 1 aromatic carbocycles. The van der Waals surface area contributed by atoms with Gasteiger partial charge in [-0.2, -0.15) is 0 Å².